The van der Waals surface area contributed by atoms with Gasteiger partial charge >= 0.3 is 5.97 Å². The van der Waals surface area contributed by atoms with Crippen molar-refractivity contribution in [1.29, 1.82) is 0 Å². The van der Waals surface area contributed by atoms with Crippen LogP contribution in [0.25, 0.3) is 10.9 Å². The van der Waals surface area contributed by atoms with Gasteiger partial charge in [0, 0.05) is 29.9 Å². The minimum absolute atomic E-state index is 0.0163. The molecule has 7 N–H and O–H groups in total. The largest absolute Gasteiger partial charge is 0.508 e. The number of benzene rings is 2. The smallest absolute Gasteiger partial charge is 0.326 e. The fourth-order valence-electron chi connectivity index (χ4n) is 3.37. The number of aromatic amines is 1. The average molecular weight is 438 g/mol. The monoisotopic (exact) mass is 438 g/mol. The van der Waals surface area contributed by atoms with Crippen LogP contribution in [0, 0.1) is 0 Å². The number of carbonyl (C=O) groups is 3. The number of aromatic nitrogens is 1. The highest BCUT2D eigenvalue weighted by molar-refractivity contribution is 5.92. The number of carbonyl (C=O) groups excluding carboxylic acids is 2. The van der Waals surface area contributed by atoms with Crippen LogP contribution in [0.4, 0.5) is 0 Å². The molecule has 2 aromatic carbocycles. The summed E-state index contributed by atoms with van der Waals surface area (Å²) in [5, 5.41) is 25.1. The van der Waals surface area contributed by atoms with E-state index in [1.807, 2.05) is 24.3 Å². The summed E-state index contributed by atoms with van der Waals surface area (Å²) in [6, 6.07) is 10.5. The Morgan fingerprint density at radius 1 is 0.969 bits per heavy atom. The number of phenolic OH excluding ortho intramolecular Hbond substituents is 1. The fourth-order valence-corrected chi connectivity index (χ4v) is 3.37. The van der Waals surface area contributed by atoms with Crippen molar-refractivity contribution in [1.82, 2.24) is 15.6 Å². The van der Waals surface area contributed by atoms with Gasteiger partial charge in [-0.05, 0) is 36.2 Å². The lowest BCUT2D eigenvalue weighted by atomic mass is 10.0. The van der Waals surface area contributed by atoms with Crippen molar-refractivity contribution in [2.45, 2.75) is 37.9 Å². The predicted molar refractivity (Wildman–Crippen MR) is 119 cm³/mol. The average Bonchev–Trinajstić information content (AvgIpc) is 3.17. The molecule has 32 heavy (non-hydrogen) atoms. The number of carboxylic acids is 1. The zero-order valence-electron chi connectivity index (χ0n) is 17.5. The second-order valence-electron chi connectivity index (χ2n) is 7.68. The predicted octanol–water partition coefficient (Wildman–Crippen LogP) is 1.06. The Morgan fingerprint density at radius 3 is 2.28 bits per heavy atom. The van der Waals surface area contributed by atoms with Crippen LogP contribution < -0.4 is 16.4 Å². The normalized spacial score (nSPS) is 13.8. The second-order valence-corrected chi connectivity index (χ2v) is 7.68. The van der Waals surface area contributed by atoms with Gasteiger partial charge in [-0.2, -0.15) is 0 Å². The number of aromatic hydroxyl groups is 1. The molecule has 9 heteroatoms. The van der Waals surface area contributed by atoms with Crippen molar-refractivity contribution >= 4 is 28.7 Å². The summed E-state index contributed by atoms with van der Waals surface area (Å²) in [5.41, 5.74) is 7.96. The standard InChI is InChI=1S/C23H26N4O5/c1-13(24)21(29)26-19(11-15-12-25-18-5-3-2-4-17(15)18)22(30)27-20(23(31)32)10-14-6-8-16(28)9-7-14/h2-9,12-13,19-20,25,28H,10-11,24H2,1H3,(H,26,29)(H,27,30)(H,31,32)/t13-,19-,20-/m0/s1. The van der Waals surface area contributed by atoms with E-state index in [2.05, 4.69) is 15.6 Å². The Bertz CT molecular complexity index is 1110. The van der Waals surface area contributed by atoms with E-state index in [-0.39, 0.29) is 18.6 Å². The van der Waals surface area contributed by atoms with Gasteiger partial charge in [0.1, 0.15) is 17.8 Å². The Labute approximate surface area is 184 Å². The maximum absolute atomic E-state index is 13.0. The molecule has 3 aromatic rings. The molecule has 0 fully saturated rings. The van der Waals surface area contributed by atoms with E-state index >= 15 is 0 Å². The molecule has 0 unspecified atom stereocenters. The first-order valence-electron chi connectivity index (χ1n) is 10.2. The van der Waals surface area contributed by atoms with Crippen molar-refractivity contribution in [2.75, 3.05) is 0 Å². The van der Waals surface area contributed by atoms with Gasteiger partial charge in [0.15, 0.2) is 0 Å². The van der Waals surface area contributed by atoms with Crippen molar-refractivity contribution < 1.29 is 24.6 Å². The number of rotatable bonds is 9. The molecule has 9 nitrogen and oxygen atoms in total. The highest BCUT2D eigenvalue weighted by Gasteiger charge is 2.28. The molecule has 0 radical (unpaired) electrons. The lowest BCUT2D eigenvalue weighted by molar-refractivity contribution is -0.142. The van der Waals surface area contributed by atoms with E-state index in [1.54, 1.807) is 18.3 Å². The molecular formula is C23H26N4O5. The first-order valence-corrected chi connectivity index (χ1v) is 10.2. The summed E-state index contributed by atoms with van der Waals surface area (Å²) in [6.45, 7) is 1.50. The van der Waals surface area contributed by atoms with E-state index in [4.69, 9.17) is 5.73 Å². The number of fused-ring (bicyclic) bond motifs is 1. The Kier molecular flexibility index (Phi) is 7.11. The molecule has 2 amide bonds. The number of H-pyrrole nitrogens is 1. The SMILES string of the molecule is C[C@H](N)C(=O)N[C@@H](Cc1c[nH]c2ccccc12)C(=O)N[C@@H](Cc1ccc(O)cc1)C(=O)O. The maximum Gasteiger partial charge on any atom is 0.326 e. The van der Waals surface area contributed by atoms with Crippen molar-refractivity contribution in [3.8, 4) is 5.75 Å². The third-order valence-corrected chi connectivity index (χ3v) is 5.14. The highest BCUT2D eigenvalue weighted by Crippen LogP contribution is 2.19. The number of aliphatic carboxylic acids is 1. The third kappa shape index (κ3) is 5.64. The Balaban J connectivity index is 1.80. The van der Waals surface area contributed by atoms with E-state index in [9.17, 15) is 24.6 Å². The maximum atomic E-state index is 13.0. The Morgan fingerprint density at radius 2 is 1.62 bits per heavy atom. The van der Waals surface area contributed by atoms with E-state index in [0.717, 1.165) is 16.5 Å². The van der Waals surface area contributed by atoms with Crippen LogP contribution in [0.2, 0.25) is 0 Å². The van der Waals surface area contributed by atoms with Gasteiger partial charge in [0.25, 0.3) is 0 Å². The van der Waals surface area contributed by atoms with Gasteiger partial charge in [0.2, 0.25) is 11.8 Å². The van der Waals surface area contributed by atoms with Crippen LogP contribution in [-0.2, 0) is 27.2 Å². The summed E-state index contributed by atoms with van der Waals surface area (Å²) >= 11 is 0. The second kappa shape index (κ2) is 9.97. The van der Waals surface area contributed by atoms with Gasteiger partial charge in [-0.15, -0.1) is 0 Å². The molecule has 0 bridgehead atoms. The molecule has 0 spiro atoms. The molecule has 0 aliphatic rings. The highest BCUT2D eigenvalue weighted by atomic mass is 16.4. The van der Waals surface area contributed by atoms with Crippen molar-refractivity contribution in [3.05, 3.63) is 65.9 Å². The molecule has 0 saturated heterocycles. The van der Waals surface area contributed by atoms with Crippen molar-refractivity contribution in [3.63, 3.8) is 0 Å². The van der Waals surface area contributed by atoms with Crippen LogP contribution in [0.3, 0.4) is 0 Å². The topological polar surface area (TPSA) is 158 Å². The van der Waals surface area contributed by atoms with Gasteiger partial charge in [-0.1, -0.05) is 30.3 Å². The van der Waals surface area contributed by atoms with Gasteiger partial charge in [0.05, 0.1) is 6.04 Å². The summed E-state index contributed by atoms with van der Waals surface area (Å²) in [7, 11) is 0. The van der Waals surface area contributed by atoms with Gasteiger partial charge < -0.3 is 31.6 Å². The zero-order valence-corrected chi connectivity index (χ0v) is 17.5. The van der Waals surface area contributed by atoms with Crippen LogP contribution in [0.1, 0.15) is 18.1 Å². The molecule has 0 aliphatic heterocycles. The number of nitrogens with one attached hydrogen (secondary N) is 3. The number of carboxylic acid groups (broad SMARTS) is 1. The summed E-state index contributed by atoms with van der Waals surface area (Å²) in [5.74, 6) is -2.30. The fraction of sp³-hybridized carbons (Fsp3) is 0.261. The Hall–Kier alpha value is -3.85. The summed E-state index contributed by atoms with van der Waals surface area (Å²) < 4.78 is 0. The number of amides is 2. The van der Waals surface area contributed by atoms with Gasteiger partial charge in [-0.25, -0.2) is 4.79 Å². The minimum Gasteiger partial charge on any atom is -0.508 e. The zero-order chi connectivity index (χ0) is 23.3. The summed E-state index contributed by atoms with van der Waals surface area (Å²) in [4.78, 5) is 40.2. The molecule has 1 heterocycles. The quantitative estimate of drug-likeness (QED) is 0.293. The molecule has 0 saturated carbocycles. The van der Waals surface area contributed by atoms with Gasteiger partial charge in [-0.3, -0.25) is 9.59 Å². The number of para-hydroxylation sites is 1. The lowest BCUT2D eigenvalue weighted by Crippen LogP contribution is -2.55. The number of nitrogens with two attached hydrogens (primary N) is 1. The van der Waals surface area contributed by atoms with E-state index < -0.39 is 35.9 Å². The number of phenols is 1. The first kappa shape index (κ1) is 22.8. The molecule has 1 aromatic heterocycles. The van der Waals surface area contributed by atoms with Crippen molar-refractivity contribution in [2.24, 2.45) is 5.73 Å². The van der Waals surface area contributed by atoms with E-state index in [0.29, 0.717) is 5.56 Å². The number of hydrogen-bond donors (Lipinski definition) is 6. The van der Waals surface area contributed by atoms with Crippen LogP contribution in [-0.4, -0.2) is 51.1 Å². The van der Waals surface area contributed by atoms with Crippen LogP contribution in [0.5, 0.6) is 5.75 Å². The van der Waals surface area contributed by atoms with Crippen LogP contribution >= 0.6 is 0 Å². The minimum atomic E-state index is -1.22. The third-order valence-electron chi connectivity index (χ3n) is 5.14. The molecular weight excluding hydrogens is 412 g/mol. The molecule has 3 atom stereocenters. The molecule has 3 rings (SSSR count). The number of hydrogen-bond acceptors (Lipinski definition) is 5. The molecule has 168 valence electrons. The lowest BCUT2D eigenvalue weighted by Gasteiger charge is -2.22. The molecule has 0 aliphatic carbocycles. The van der Waals surface area contributed by atoms with Crippen LogP contribution in [0.15, 0.2) is 54.7 Å². The summed E-state index contributed by atoms with van der Waals surface area (Å²) in [6.07, 6.45) is 1.93. The van der Waals surface area contributed by atoms with E-state index in [1.165, 1.54) is 19.1 Å². The first-order chi connectivity index (χ1) is 15.2.